The van der Waals surface area contributed by atoms with Crippen LogP contribution in [-0.4, -0.2) is 31.7 Å². The zero-order chi connectivity index (χ0) is 19.2. The summed E-state index contributed by atoms with van der Waals surface area (Å²) in [6.45, 7) is 7.49. The van der Waals surface area contributed by atoms with Crippen LogP contribution in [0.3, 0.4) is 0 Å². The van der Waals surface area contributed by atoms with Crippen molar-refractivity contribution < 1.29 is 13.2 Å². The minimum atomic E-state index is -3.69. The molecule has 0 atom stereocenters. The normalized spacial score (nSPS) is 11.2. The van der Waals surface area contributed by atoms with Crippen LogP contribution in [0, 0.1) is 0 Å². The van der Waals surface area contributed by atoms with Crippen molar-refractivity contribution in [3.05, 3.63) is 84.4 Å². The lowest BCUT2D eigenvalue weighted by Crippen LogP contribution is -2.31. The van der Waals surface area contributed by atoms with Gasteiger partial charge in [0.2, 0.25) is 10.0 Å². The lowest BCUT2D eigenvalue weighted by molar-refractivity contribution is 0.102. The van der Waals surface area contributed by atoms with Crippen molar-refractivity contribution in [2.24, 2.45) is 0 Å². The molecule has 2 rings (SSSR count). The fourth-order valence-electron chi connectivity index (χ4n) is 2.26. The molecule has 0 bridgehead atoms. The Labute approximate surface area is 158 Å². The van der Waals surface area contributed by atoms with Gasteiger partial charge < -0.3 is 5.32 Å². The van der Waals surface area contributed by atoms with Crippen molar-refractivity contribution >= 4 is 33.2 Å². The molecule has 7 heteroatoms. The third kappa shape index (κ3) is 4.82. The van der Waals surface area contributed by atoms with Gasteiger partial charge in [-0.15, -0.1) is 13.2 Å². The summed E-state index contributed by atoms with van der Waals surface area (Å²) >= 11 is 5.89. The monoisotopic (exact) mass is 390 g/mol. The molecule has 136 valence electrons. The Hall–Kier alpha value is -2.41. The number of anilines is 1. The molecular weight excluding hydrogens is 372 g/mol. The number of hydrogen-bond donors (Lipinski definition) is 1. The lowest BCUT2D eigenvalue weighted by atomic mass is 10.2. The van der Waals surface area contributed by atoms with E-state index < -0.39 is 10.0 Å². The number of sulfonamides is 1. The van der Waals surface area contributed by atoms with Crippen LogP contribution < -0.4 is 5.32 Å². The third-order valence-electron chi connectivity index (χ3n) is 3.50. The van der Waals surface area contributed by atoms with E-state index >= 15 is 0 Å². The minimum Gasteiger partial charge on any atom is -0.322 e. The highest BCUT2D eigenvalue weighted by molar-refractivity contribution is 7.89. The van der Waals surface area contributed by atoms with Crippen molar-refractivity contribution in [2.75, 3.05) is 18.4 Å². The highest BCUT2D eigenvalue weighted by Crippen LogP contribution is 2.19. The van der Waals surface area contributed by atoms with Gasteiger partial charge in [-0.25, -0.2) is 8.42 Å². The van der Waals surface area contributed by atoms with Gasteiger partial charge in [0.1, 0.15) is 0 Å². The average molecular weight is 391 g/mol. The van der Waals surface area contributed by atoms with Gasteiger partial charge in [-0.2, -0.15) is 4.31 Å². The first-order chi connectivity index (χ1) is 12.4. The molecule has 0 saturated heterocycles. The summed E-state index contributed by atoms with van der Waals surface area (Å²) in [5.74, 6) is -0.356. The number of nitrogens with zero attached hydrogens (tertiary/aromatic N) is 1. The van der Waals surface area contributed by atoms with Gasteiger partial charge in [-0.1, -0.05) is 29.8 Å². The van der Waals surface area contributed by atoms with E-state index in [1.54, 1.807) is 24.3 Å². The molecule has 0 radical (unpaired) electrons. The molecule has 0 aliphatic carbocycles. The maximum Gasteiger partial charge on any atom is 0.255 e. The molecule has 5 nitrogen and oxygen atoms in total. The zero-order valence-corrected chi connectivity index (χ0v) is 15.6. The second kappa shape index (κ2) is 8.80. The smallest absolute Gasteiger partial charge is 0.255 e. The molecule has 0 fully saturated rings. The van der Waals surface area contributed by atoms with Crippen molar-refractivity contribution in [3.63, 3.8) is 0 Å². The lowest BCUT2D eigenvalue weighted by Gasteiger charge is -2.19. The first-order valence-electron chi connectivity index (χ1n) is 7.77. The van der Waals surface area contributed by atoms with Crippen molar-refractivity contribution in [1.29, 1.82) is 0 Å². The van der Waals surface area contributed by atoms with Crippen LogP contribution in [0.2, 0.25) is 5.02 Å². The van der Waals surface area contributed by atoms with Crippen molar-refractivity contribution in [1.82, 2.24) is 4.31 Å². The predicted octanol–water partition coefficient (Wildman–Crippen LogP) is 3.96. The van der Waals surface area contributed by atoms with Crippen LogP contribution in [0.25, 0.3) is 0 Å². The molecule has 0 aliphatic rings. The summed E-state index contributed by atoms with van der Waals surface area (Å²) in [5.41, 5.74) is 0.894. The number of hydrogen-bond acceptors (Lipinski definition) is 3. The van der Waals surface area contributed by atoms with Gasteiger partial charge in [0, 0.05) is 29.4 Å². The second-order valence-corrected chi connectivity index (χ2v) is 7.76. The van der Waals surface area contributed by atoms with Gasteiger partial charge in [0.25, 0.3) is 5.91 Å². The Balaban J connectivity index is 2.20. The number of rotatable bonds is 8. The van der Waals surface area contributed by atoms with Crippen LogP contribution >= 0.6 is 11.6 Å². The summed E-state index contributed by atoms with van der Waals surface area (Å²) in [6, 6.07) is 12.5. The Morgan fingerprint density at radius 3 is 2.23 bits per heavy atom. The van der Waals surface area contributed by atoms with E-state index in [4.69, 9.17) is 11.6 Å². The summed E-state index contributed by atoms with van der Waals surface area (Å²) in [5, 5.41) is 3.22. The Morgan fingerprint density at radius 1 is 1.08 bits per heavy atom. The van der Waals surface area contributed by atoms with E-state index in [0.717, 1.165) is 0 Å². The molecule has 0 spiro atoms. The van der Waals surface area contributed by atoms with Crippen molar-refractivity contribution in [3.8, 4) is 0 Å². The number of amides is 1. The van der Waals surface area contributed by atoms with Gasteiger partial charge in [-0.3, -0.25) is 4.79 Å². The predicted molar refractivity (Wildman–Crippen MR) is 105 cm³/mol. The van der Waals surface area contributed by atoms with Crippen LogP contribution in [0.1, 0.15) is 10.4 Å². The molecular formula is C19H19ClN2O3S. The third-order valence-corrected chi connectivity index (χ3v) is 5.58. The number of carbonyl (C=O) groups excluding carboxylic acids is 1. The molecule has 0 aromatic heterocycles. The minimum absolute atomic E-state index is 0.0977. The van der Waals surface area contributed by atoms with E-state index in [9.17, 15) is 13.2 Å². The number of nitrogens with one attached hydrogen (secondary N) is 1. The van der Waals surface area contributed by atoms with Crippen molar-refractivity contribution in [2.45, 2.75) is 4.90 Å². The topological polar surface area (TPSA) is 66.5 Å². The number of carbonyl (C=O) groups is 1. The van der Waals surface area contributed by atoms with Crippen LogP contribution in [-0.2, 0) is 10.0 Å². The SMILES string of the molecule is C=CCN(CC=C)S(=O)(=O)c1ccc(C(=O)Nc2cccc(Cl)c2)cc1. The quantitative estimate of drug-likeness (QED) is 0.694. The van der Waals surface area contributed by atoms with Gasteiger partial charge in [-0.05, 0) is 42.5 Å². The van der Waals surface area contributed by atoms with E-state index in [2.05, 4.69) is 18.5 Å². The molecule has 1 N–H and O–H groups in total. The Morgan fingerprint density at radius 2 is 1.69 bits per heavy atom. The molecule has 0 aliphatic heterocycles. The standard InChI is InChI=1S/C19H19ClN2O3S/c1-3-12-22(13-4-2)26(24,25)18-10-8-15(9-11-18)19(23)21-17-7-5-6-16(20)14-17/h3-11,14H,1-2,12-13H2,(H,21,23). The average Bonchev–Trinajstić information content (AvgIpc) is 2.61. The first kappa shape index (κ1) is 19.9. The molecule has 2 aromatic carbocycles. The largest absolute Gasteiger partial charge is 0.322 e. The molecule has 2 aromatic rings. The fraction of sp³-hybridized carbons (Fsp3) is 0.105. The summed E-state index contributed by atoms with van der Waals surface area (Å²) in [4.78, 5) is 12.4. The fourth-order valence-corrected chi connectivity index (χ4v) is 3.83. The van der Waals surface area contributed by atoms with E-state index in [-0.39, 0.29) is 23.9 Å². The van der Waals surface area contributed by atoms with Gasteiger partial charge >= 0.3 is 0 Å². The highest BCUT2D eigenvalue weighted by Gasteiger charge is 2.22. The summed E-state index contributed by atoms with van der Waals surface area (Å²) < 4.78 is 26.5. The summed E-state index contributed by atoms with van der Waals surface area (Å²) in [6.07, 6.45) is 3.02. The Bertz CT molecular complexity index is 899. The number of halogens is 1. The van der Waals surface area contributed by atoms with E-state index in [1.807, 2.05) is 0 Å². The zero-order valence-electron chi connectivity index (χ0n) is 14.1. The van der Waals surface area contributed by atoms with Crippen LogP contribution in [0.15, 0.2) is 78.7 Å². The van der Waals surface area contributed by atoms with E-state index in [1.165, 1.54) is 40.7 Å². The maximum atomic E-state index is 12.6. The maximum absolute atomic E-state index is 12.6. The Kier molecular flexibility index (Phi) is 6.74. The molecule has 0 unspecified atom stereocenters. The molecule has 1 amide bonds. The number of benzene rings is 2. The molecule has 26 heavy (non-hydrogen) atoms. The van der Waals surface area contributed by atoms with Crippen LogP contribution in [0.5, 0.6) is 0 Å². The van der Waals surface area contributed by atoms with E-state index in [0.29, 0.717) is 16.3 Å². The molecule has 0 saturated carbocycles. The van der Waals surface area contributed by atoms with Crippen LogP contribution in [0.4, 0.5) is 5.69 Å². The second-order valence-electron chi connectivity index (χ2n) is 5.39. The van der Waals surface area contributed by atoms with Gasteiger partial charge in [0.15, 0.2) is 0 Å². The first-order valence-corrected chi connectivity index (χ1v) is 9.59. The highest BCUT2D eigenvalue weighted by atomic mass is 35.5. The molecule has 0 heterocycles. The van der Waals surface area contributed by atoms with Gasteiger partial charge in [0.05, 0.1) is 4.90 Å². The summed E-state index contributed by atoms with van der Waals surface area (Å²) in [7, 11) is -3.69.